The van der Waals surface area contributed by atoms with Crippen LogP contribution in [0.15, 0.2) is 23.8 Å². The predicted molar refractivity (Wildman–Crippen MR) is 134 cm³/mol. The fourth-order valence-corrected chi connectivity index (χ4v) is 9.63. The molecule has 8 atom stereocenters. The minimum absolute atomic E-state index is 0.0546. The van der Waals surface area contributed by atoms with Gasteiger partial charge in [-0.2, -0.15) is 0 Å². The van der Waals surface area contributed by atoms with Crippen LogP contribution in [0.5, 0.6) is 0 Å². The van der Waals surface area contributed by atoms with E-state index >= 15 is 0 Å². The second-order valence-electron chi connectivity index (χ2n) is 11.7. The molecule has 7 nitrogen and oxygen atoms in total. The summed E-state index contributed by atoms with van der Waals surface area (Å²) >= 11 is 0.966. The van der Waals surface area contributed by atoms with Crippen molar-refractivity contribution >= 4 is 34.6 Å². The Morgan fingerprint density at radius 1 is 1.19 bits per heavy atom. The zero-order chi connectivity index (χ0) is 25.9. The van der Waals surface area contributed by atoms with Crippen LogP contribution in [0.25, 0.3) is 0 Å². The summed E-state index contributed by atoms with van der Waals surface area (Å²) in [5.74, 6) is -0.288. The SMILES string of the molecule is C[C@@H]1C[C@H]2[C@@H]3CCC4=CC(=O)C=C[C@]4(C)[C@H]3CC[C@]2(C)[C@@]1(OC(=O)CCO)C(=O)SC1CCOC1=O. The maximum absolute atomic E-state index is 14.1. The van der Waals surface area contributed by atoms with Crippen LogP contribution in [0.3, 0.4) is 0 Å². The van der Waals surface area contributed by atoms with E-state index in [9.17, 15) is 24.3 Å². The molecule has 0 bridgehead atoms. The lowest BCUT2D eigenvalue weighted by Crippen LogP contribution is -2.60. The Hall–Kier alpha value is -1.93. The molecular weight excluding hydrogens is 480 g/mol. The van der Waals surface area contributed by atoms with Gasteiger partial charge in [-0.3, -0.25) is 19.2 Å². The minimum atomic E-state index is -1.36. The number of ketones is 1. The van der Waals surface area contributed by atoms with E-state index in [4.69, 9.17) is 9.47 Å². The number of hydrogen-bond donors (Lipinski definition) is 1. The largest absolute Gasteiger partial charge is 0.465 e. The number of esters is 2. The van der Waals surface area contributed by atoms with E-state index in [2.05, 4.69) is 19.9 Å². The average molecular weight is 517 g/mol. The van der Waals surface area contributed by atoms with E-state index in [1.807, 2.05) is 13.0 Å². The Morgan fingerprint density at radius 3 is 2.67 bits per heavy atom. The number of ether oxygens (including phenoxy) is 2. The lowest BCUT2D eigenvalue weighted by Gasteiger charge is -2.58. The van der Waals surface area contributed by atoms with Crippen molar-refractivity contribution in [2.75, 3.05) is 13.2 Å². The van der Waals surface area contributed by atoms with Gasteiger partial charge in [-0.05, 0) is 62.0 Å². The van der Waals surface area contributed by atoms with Crippen LogP contribution in [0.2, 0.25) is 0 Å². The molecule has 4 aliphatic carbocycles. The number of fused-ring (bicyclic) bond motifs is 5. The maximum Gasteiger partial charge on any atom is 0.319 e. The number of hydrogen-bond acceptors (Lipinski definition) is 8. The van der Waals surface area contributed by atoms with Gasteiger partial charge in [0.25, 0.3) is 0 Å². The lowest BCUT2D eigenvalue weighted by molar-refractivity contribution is -0.190. The standard InChI is InChI=1S/C28H36O7S/c1-16-14-21-19-5-4-17-15-18(30)6-10-26(17,2)20(19)7-11-27(21,3)28(16,35-23(31)8-12-29)25(33)36-22-9-13-34-24(22)32/h6,10,15-16,19-22,29H,4-5,7-9,11-14H2,1-3H3/t16-,19-,20+,21+,22?,26+,27+,28+/m1/s1. The Labute approximate surface area is 216 Å². The molecule has 1 aliphatic heterocycles. The molecule has 0 amide bonds. The van der Waals surface area contributed by atoms with Crippen molar-refractivity contribution in [3.05, 3.63) is 23.8 Å². The van der Waals surface area contributed by atoms with Crippen LogP contribution in [0.1, 0.15) is 65.7 Å². The topological polar surface area (TPSA) is 107 Å². The zero-order valence-corrected chi connectivity index (χ0v) is 22.1. The molecule has 5 rings (SSSR count). The average Bonchev–Trinajstić information content (AvgIpc) is 3.33. The minimum Gasteiger partial charge on any atom is -0.465 e. The normalized spacial score (nSPS) is 43.2. The first-order valence-corrected chi connectivity index (χ1v) is 14.1. The van der Waals surface area contributed by atoms with Crippen molar-refractivity contribution in [2.45, 2.75) is 76.6 Å². The van der Waals surface area contributed by atoms with Crippen molar-refractivity contribution in [1.82, 2.24) is 0 Å². The van der Waals surface area contributed by atoms with Crippen LogP contribution < -0.4 is 0 Å². The number of thioether (sulfide) groups is 1. The molecule has 0 aromatic rings. The van der Waals surface area contributed by atoms with Gasteiger partial charge in [0.1, 0.15) is 5.25 Å². The highest BCUT2D eigenvalue weighted by atomic mass is 32.2. The van der Waals surface area contributed by atoms with Gasteiger partial charge in [-0.25, -0.2) is 0 Å². The molecule has 5 aliphatic rings. The highest BCUT2D eigenvalue weighted by molar-refractivity contribution is 8.14. The van der Waals surface area contributed by atoms with Gasteiger partial charge < -0.3 is 14.6 Å². The molecule has 36 heavy (non-hydrogen) atoms. The van der Waals surface area contributed by atoms with Crippen LogP contribution in [0, 0.1) is 34.5 Å². The van der Waals surface area contributed by atoms with Crippen molar-refractivity contribution in [3.8, 4) is 0 Å². The Bertz CT molecular complexity index is 1050. The summed E-state index contributed by atoms with van der Waals surface area (Å²) in [6.07, 6.45) is 10.00. The Kier molecular flexibility index (Phi) is 6.51. The van der Waals surface area contributed by atoms with Gasteiger partial charge in [-0.1, -0.05) is 44.2 Å². The first kappa shape index (κ1) is 25.7. The van der Waals surface area contributed by atoms with Gasteiger partial charge in [0.05, 0.1) is 19.6 Å². The van der Waals surface area contributed by atoms with Crippen LogP contribution >= 0.6 is 11.8 Å². The molecule has 4 fully saturated rings. The fourth-order valence-electron chi connectivity index (χ4n) is 8.34. The second kappa shape index (κ2) is 9.12. The highest BCUT2D eigenvalue weighted by Crippen LogP contribution is 2.69. The summed E-state index contributed by atoms with van der Waals surface area (Å²) in [6, 6.07) is 0. The molecule has 0 radical (unpaired) electrons. The van der Waals surface area contributed by atoms with Gasteiger partial charge in [0, 0.05) is 23.2 Å². The maximum atomic E-state index is 14.1. The Morgan fingerprint density at radius 2 is 1.97 bits per heavy atom. The third kappa shape index (κ3) is 3.65. The summed E-state index contributed by atoms with van der Waals surface area (Å²) in [6.45, 7) is 6.28. The first-order valence-electron chi connectivity index (χ1n) is 13.2. The molecule has 1 unspecified atom stereocenters. The molecule has 1 N–H and O–H groups in total. The molecule has 0 spiro atoms. The third-order valence-electron chi connectivity index (χ3n) is 10.1. The summed E-state index contributed by atoms with van der Waals surface area (Å²) in [4.78, 5) is 51.2. The number of carbonyl (C=O) groups is 4. The predicted octanol–water partition coefficient (Wildman–Crippen LogP) is 3.78. The summed E-state index contributed by atoms with van der Waals surface area (Å²) in [5.41, 5.74) is -0.917. The van der Waals surface area contributed by atoms with Crippen molar-refractivity contribution in [3.63, 3.8) is 0 Å². The quantitative estimate of drug-likeness (QED) is 0.550. The molecule has 196 valence electrons. The highest BCUT2D eigenvalue weighted by Gasteiger charge is 2.71. The first-order chi connectivity index (χ1) is 17.1. The van der Waals surface area contributed by atoms with Gasteiger partial charge in [0.2, 0.25) is 5.12 Å². The summed E-state index contributed by atoms with van der Waals surface area (Å²) in [5, 5.41) is 8.54. The van der Waals surface area contributed by atoms with Crippen LogP contribution in [-0.2, 0) is 28.7 Å². The van der Waals surface area contributed by atoms with E-state index in [0.29, 0.717) is 31.3 Å². The molecule has 0 aromatic heterocycles. The number of aliphatic hydroxyl groups excluding tert-OH is 1. The van der Waals surface area contributed by atoms with E-state index < -0.39 is 22.2 Å². The van der Waals surface area contributed by atoms with E-state index in [1.165, 1.54) is 5.57 Å². The smallest absolute Gasteiger partial charge is 0.319 e. The third-order valence-corrected chi connectivity index (χ3v) is 11.4. The number of cyclic esters (lactones) is 1. The van der Waals surface area contributed by atoms with Gasteiger partial charge in [0.15, 0.2) is 11.4 Å². The molecule has 0 aromatic carbocycles. The monoisotopic (exact) mass is 516 g/mol. The number of carbonyl (C=O) groups excluding carboxylic acids is 4. The van der Waals surface area contributed by atoms with Crippen LogP contribution in [0.4, 0.5) is 0 Å². The van der Waals surface area contributed by atoms with Crippen LogP contribution in [-0.4, -0.2) is 52.0 Å². The number of aliphatic hydroxyl groups is 1. The number of rotatable bonds is 5. The molecule has 1 heterocycles. The van der Waals surface area contributed by atoms with Gasteiger partial charge >= 0.3 is 11.9 Å². The van der Waals surface area contributed by atoms with Crippen molar-refractivity contribution < 1.29 is 33.8 Å². The molecule has 1 saturated heterocycles. The summed E-state index contributed by atoms with van der Waals surface area (Å²) in [7, 11) is 0. The zero-order valence-electron chi connectivity index (χ0n) is 21.3. The number of allylic oxidation sites excluding steroid dienone is 4. The van der Waals surface area contributed by atoms with E-state index in [1.54, 1.807) is 6.08 Å². The Balaban J connectivity index is 1.51. The lowest BCUT2D eigenvalue weighted by atomic mass is 9.47. The van der Waals surface area contributed by atoms with Crippen molar-refractivity contribution in [2.24, 2.45) is 34.5 Å². The van der Waals surface area contributed by atoms with Gasteiger partial charge in [-0.15, -0.1) is 0 Å². The summed E-state index contributed by atoms with van der Waals surface area (Å²) < 4.78 is 11.3. The molecular formula is C28H36O7S. The van der Waals surface area contributed by atoms with E-state index in [0.717, 1.165) is 37.4 Å². The van der Waals surface area contributed by atoms with E-state index in [-0.39, 0.29) is 47.1 Å². The van der Waals surface area contributed by atoms with Crippen molar-refractivity contribution in [1.29, 1.82) is 0 Å². The molecule has 8 heteroatoms. The fraction of sp³-hybridized carbons (Fsp3) is 0.714. The second-order valence-corrected chi connectivity index (χ2v) is 12.9. The molecule has 3 saturated carbocycles.